The van der Waals surface area contributed by atoms with E-state index in [1.54, 1.807) is 0 Å². The number of likely N-dealkylation sites (N-methyl/N-ethyl adjacent to an activating group) is 1. The molecule has 96 valence electrons. The molecule has 0 amide bonds. The summed E-state index contributed by atoms with van der Waals surface area (Å²) in [4.78, 5) is 2.39. The van der Waals surface area contributed by atoms with Crippen molar-refractivity contribution in [1.82, 2.24) is 4.90 Å². The van der Waals surface area contributed by atoms with E-state index in [2.05, 4.69) is 25.8 Å². The van der Waals surface area contributed by atoms with Gasteiger partial charge in [-0.25, -0.2) is 0 Å². The summed E-state index contributed by atoms with van der Waals surface area (Å²) in [6.07, 6.45) is 5.31. The second kappa shape index (κ2) is 6.58. The fraction of sp³-hybridized carbons (Fsp3) is 1.00. The molecule has 1 saturated heterocycles. The van der Waals surface area contributed by atoms with Crippen LogP contribution in [0.15, 0.2) is 0 Å². The van der Waals surface area contributed by atoms with Gasteiger partial charge in [-0.05, 0) is 38.3 Å². The summed E-state index contributed by atoms with van der Waals surface area (Å²) >= 11 is 0. The zero-order valence-electron chi connectivity index (χ0n) is 11.2. The number of nitrogens with zero attached hydrogens (tertiary/aromatic N) is 1. The van der Waals surface area contributed by atoms with E-state index in [9.17, 15) is 0 Å². The highest BCUT2D eigenvalue weighted by molar-refractivity contribution is 4.79. The first-order valence-electron chi connectivity index (χ1n) is 6.60. The highest BCUT2D eigenvalue weighted by atomic mass is 16.5. The molecular weight excluding hydrogens is 200 g/mol. The summed E-state index contributed by atoms with van der Waals surface area (Å²) in [5.41, 5.74) is 6.16. The normalized spacial score (nSPS) is 24.9. The van der Waals surface area contributed by atoms with Gasteiger partial charge in [0.1, 0.15) is 0 Å². The molecule has 0 saturated carbocycles. The van der Waals surface area contributed by atoms with Gasteiger partial charge in [0.2, 0.25) is 0 Å². The Kier molecular flexibility index (Phi) is 5.73. The summed E-state index contributed by atoms with van der Waals surface area (Å²) < 4.78 is 5.66. The van der Waals surface area contributed by atoms with Crippen LogP contribution in [0.3, 0.4) is 0 Å². The van der Waals surface area contributed by atoms with Gasteiger partial charge in [-0.1, -0.05) is 20.3 Å². The van der Waals surface area contributed by atoms with Crippen molar-refractivity contribution in [2.24, 2.45) is 11.1 Å². The Balaban J connectivity index is 2.32. The molecule has 2 unspecified atom stereocenters. The van der Waals surface area contributed by atoms with Gasteiger partial charge in [0, 0.05) is 19.7 Å². The van der Waals surface area contributed by atoms with Crippen molar-refractivity contribution in [1.29, 1.82) is 0 Å². The van der Waals surface area contributed by atoms with Gasteiger partial charge in [0.25, 0.3) is 0 Å². The van der Waals surface area contributed by atoms with Crippen LogP contribution < -0.4 is 5.73 Å². The van der Waals surface area contributed by atoms with Crippen molar-refractivity contribution in [3.63, 3.8) is 0 Å². The van der Waals surface area contributed by atoms with Crippen LogP contribution in [0.5, 0.6) is 0 Å². The maximum absolute atomic E-state index is 5.89. The maximum Gasteiger partial charge on any atom is 0.0702 e. The molecule has 0 aliphatic carbocycles. The van der Waals surface area contributed by atoms with E-state index in [-0.39, 0.29) is 5.41 Å². The third kappa shape index (κ3) is 4.40. The average Bonchev–Trinajstić information content (AvgIpc) is 2.70. The second-order valence-corrected chi connectivity index (χ2v) is 5.60. The van der Waals surface area contributed by atoms with Crippen LogP contribution in [-0.4, -0.2) is 44.3 Å². The standard InChI is InChI=1S/C13H28N2O/c1-4-7-13(2,10-14)11-15(3)9-12-6-5-8-16-12/h12H,4-11,14H2,1-3H3. The van der Waals surface area contributed by atoms with E-state index in [0.717, 1.165) is 26.2 Å². The van der Waals surface area contributed by atoms with Crippen molar-refractivity contribution >= 4 is 0 Å². The summed E-state index contributed by atoms with van der Waals surface area (Å²) in [6, 6.07) is 0. The molecule has 1 aliphatic rings. The van der Waals surface area contributed by atoms with Crippen molar-refractivity contribution < 1.29 is 4.74 Å². The Morgan fingerprint density at radius 2 is 2.25 bits per heavy atom. The summed E-state index contributed by atoms with van der Waals surface area (Å²) in [5.74, 6) is 0. The lowest BCUT2D eigenvalue weighted by molar-refractivity contribution is 0.0668. The highest BCUT2D eigenvalue weighted by Gasteiger charge is 2.25. The van der Waals surface area contributed by atoms with E-state index in [1.165, 1.54) is 25.7 Å². The van der Waals surface area contributed by atoms with E-state index in [1.807, 2.05) is 0 Å². The molecule has 3 nitrogen and oxygen atoms in total. The van der Waals surface area contributed by atoms with Gasteiger partial charge >= 0.3 is 0 Å². The van der Waals surface area contributed by atoms with Crippen molar-refractivity contribution in [2.45, 2.75) is 45.6 Å². The smallest absolute Gasteiger partial charge is 0.0702 e. The molecular formula is C13H28N2O. The molecule has 1 fully saturated rings. The minimum Gasteiger partial charge on any atom is -0.377 e. The Hall–Kier alpha value is -0.120. The second-order valence-electron chi connectivity index (χ2n) is 5.60. The van der Waals surface area contributed by atoms with Gasteiger partial charge < -0.3 is 15.4 Å². The highest BCUT2D eigenvalue weighted by Crippen LogP contribution is 2.23. The largest absolute Gasteiger partial charge is 0.377 e. The monoisotopic (exact) mass is 228 g/mol. The number of hydrogen-bond donors (Lipinski definition) is 1. The summed E-state index contributed by atoms with van der Waals surface area (Å²) in [6.45, 7) is 8.38. The van der Waals surface area contributed by atoms with Crippen LogP contribution in [0.2, 0.25) is 0 Å². The molecule has 1 rings (SSSR count). The van der Waals surface area contributed by atoms with E-state index < -0.39 is 0 Å². The van der Waals surface area contributed by atoms with E-state index in [0.29, 0.717) is 6.10 Å². The third-order valence-electron chi connectivity index (χ3n) is 3.54. The maximum atomic E-state index is 5.89. The predicted octanol–water partition coefficient (Wildman–Crippen LogP) is 1.86. The molecule has 2 atom stereocenters. The van der Waals surface area contributed by atoms with Crippen molar-refractivity contribution in [3.05, 3.63) is 0 Å². The number of ether oxygens (including phenoxy) is 1. The predicted molar refractivity (Wildman–Crippen MR) is 68.5 cm³/mol. The van der Waals surface area contributed by atoms with Gasteiger partial charge in [0.05, 0.1) is 6.10 Å². The van der Waals surface area contributed by atoms with Crippen LogP contribution in [0.25, 0.3) is 0 Å². The average molecular weight is 228 g/mol. The molecule has 1 heterocycles. The molecule has 0 spiro atoms. The third-order valence-corrected chi connectivity index (χ3v) is 3.54. The van der Waals surface area contributed by atoms with Gasteiger partial charge in [-0.3, -0.25) is 0 Å². The van der Waals surface area contributed by atoms with Crippen molar-refractivity contribution in [2.75, 3.05) is 33.3 Å². The lowest BCUT2D eigenvalue weighted by Crippen LogP contribution is -2.41. The molecule has 2 N–H and O–H groups in total. The van der Waals surface area contributed by atoms with Gasteiger partial charge in [0.15, 0.2) is 0 Å². The fourth-order valence-corrected chi connectivity index (χ4v) is 2.70. The van der Waals surface area contributed by atoms with Crippen LogP contribution in [0.1, 0.15) is 39.5 Å². The zero-order valence-corrected chi connectivity index (χ0v) is 11.2. The molecule has 1 aliphatic heterocycles. The summed E-state index contributed by atoms with van der Waals surface area (Å²) in [7, 11) is 2.19. The van der Waals surface area contributed by atoms with Gasteiger partial charge in [-0.15, -0.1) is 0 Å². The van der Waals surface area contributed by atoms with Crippen LogP contribution in [-0.2, 0) is 4.74 Å². The summed E-state index contributed by atoms with van der Waals surface area (Å²) in [5, 5.41) is 0. The number of nitrogens with two attached hydrogens (primary N) is 1. The van der Waals surface area contributed by atoms with Crippen LogP contribution >= 0.6 is 0 Å². The molecule has 3 heteroatoms. The molecule has 0 aromatic rings. The Labute approximate surface area is 100 Å². The Morgan fingerprint density at radius 1 is 1.50 bits per heavy atom. The quantitative estimate of drug-likeness (QED) is 0.723. The first-order valence-corrected chi connectivity index (χ1v) is 6.60. The zero-order chi connectivity index (χ0) is 12.0. The van der Waals surface area contributed by atoms with Crippen molar-refractivity contribution in [3.8, 4) is 0 Å². The minimum atomic E-state index is 0.266. The number of hydrogen-bond acceptors (Lipinski definition) is 3. The topological polar surface area (TPSA) is 38.5 Å². The Morgan fingerprint density at radius 3 is 2.75 bits per heavy atom. The molecule has 0 aromatic carbocycles. The lowest BCUT2D eigenvalue weighted by Gasteiger charge is -2.33. The van der Waals surface area contributed by atoms with E-state index in [4.69, 9.17) is 10.5 Å². The van der Waals surface area contributed by atoms with E-state index >= 15 is 0 Å². The van der Waals surface area contributed by atoms with Gasteiger partial charge in [-0.2, -0.15) is 0 Å². The lowest BCUT2D eigenvalue weighted by atomic mass is 9.85. The fourth-order valence-electron chi connectivity index (χ4n) is 2.70. The Bertz CT molecular complexity index is 192. The molecule has 0 bridgehead atoms. The minimum absolute atomic E-state index is 0.266. The molecule has 0 aromatic heterocycles. The first-order chi connectivity index (χ1) is 7.59. The SMILES string of the molecule is CCCC(C)(CN)CN(C)CC1CCCO1. The van der Waals surface area contributed by atoms with Crippen LogP contribution in [0.4, 0.5) is 0 Å². The van der Waals surface area contributed by atoms with Crippen LogP contribution in [0, 0.1) is 5.41 Å². The first kappa shape index (κ1) is 13.9. The number of rotatable bonds is 7. The molecule has 16 heavy (non-hydrogen) atoms. The molecule has 0 radical (unpaired) electrons.